The van der Waals surface area contributed by atoms with Gasteiger partial charge >= 0.3 is 0 Å². The van der Waals surface area contributed by atoms with Crippen LogP contribution in [0.2, 0.25) is 0 Å². The average Bonchev–Trinajstić information content (AvgIpc) is 2.78. The van der Waals surface area contributed by atoms with Gasteiger partial charge in [0.05, 0.1) is 5.69 Å². The molecular weight excluding hydrogens is 346 g/mol. The quantitative estimate of drug-likeness (QED) is 0.793. The number of carbonyl (C=O) groups excluding carboxylic acids is 2. The summed E-state index contributed by atoms with van der Waals surface area (Å²) >= 11 is 3.42. The van der Waals surface area contributed by atoms with E-state index < -0.39 is 5.92 Å². The van der Waals surface area contributed by atoms with Crippen LogP contribution in [0.1, 0.15) is 6.42 Å². The Bertz CT molecular complexity index is 498. The highest BCUT2D eigenvalue weighted by molar-refractivity contribution is 9.10. The Hall–Kier alpha value is -1.11. The Morgan fingerprint density at radius 1 is 1.45 bits per heavy atom. The van der Waals surface area contributed by atoms with Gasteiger partial charge in [-0.15, -0.1) is 12.4 Å². The van der Waals surface area contributed by atoms with Crippen molar-refractivity contribution in [3.8, 4) is 0 Å². The minimum atomic E-state index is -0.598. The lowest BCUT2D eigenvalue weighted by molar-refractivity contribution is -0.132. The lowest BCUT2D eigenvalue weighted by Crippen LogP contribution is -2.38. The first-order chi connectivity index (χ1) is 9.15. The molecule has 0 saturated carbocycles. The summed E-state index contributed by atoms with van der Waals surface area (Å²) in [5.41, 5.74) is 6.14. The number of benzene rings is 1. The standard InChI is InChI=1S/C13H16BrN3O2.ClH/c14-10-3-1-2-4-11(10)17-8-5-9(13(17)19)12(18)16-7-6-15;/h1-4,9H,5-8,15H2,(H,16,18);1H. The van der Waals surface area contributed by atoms with Crippen molar-refractivity contribution in [1.82, 2.24) is 5.32 Å². The fourth-order valence-corrected chi connectivity index (χ4v) is 2.65. The lowest BCUT2D eigenvalue weighted by Gasteiger charge is -2.18. The monoisotopic (exact) mass is 361 g/mol. The molecule has 1 aliphatic heterocycles. The van der Waals surface area contributed by atoms with Crippen molar-refractivity contribution >= 4 is 45.8 Å². The van der Waals surface area contributed by atoms with Crippen LogP contribution in [0.3, 0.4) is 0 Å². The number of nitrogens with zero attached hydrogens (tertiary/aromatic N) is 1. The van der Waals surface area contributed by atoms with E-state index in [1.54, 1.807) is 4.90 Å². The number of carbonyl (C=O) groups is 2. The van der Waals surface area contributed by atoms with E-state index in [0.29, 0.717) is 26.1 Å². The van der Waals surface area contributed by atoms with Crippen molar-refractivity contribution in [3.63, 3.8) is 0 Å². The van der Waals surface area contributed by atoms with E-state index in [2.05, 4.69) is 21.2 Å². The summed E-state index contributed by atoms with van der Waals surface area (Å²) in [5, 5.41) is 2.67. The second-order valence-electron chi connectivity index (χ2n) is 4.36. The van der Waals surface area contributed by atoms with Crippen molar-refractivity contribution in [1.29, 1.82) is 0 Å². The molecule has 1 fully saturated rings. The molecule has 0 aliphatic carbocycles. The Morgan fingerprint density at radius 3 is 2.80 bits per heavy atom. The highest BCUT2D eigenvalue weighted by atomic mass is 79.9. The number of halogens is 2. The summed E-state index contributed by atoms with van der Waals surface area (Å²) in [7, 11) is 0. The summed E-state index contributed by atoms with van der Waals surface area (Å²) in [6.45, 7) is 1.33. The van der Waals surface area contributed by atoms with Crippen LogP contribution in [-0.2, 0) is 9.59 Å². The topological polar surface area (TPSA) is 75.4 Å². The van der Waals surface area contributed by atoms with Crippen molar-refractivity contribution in [2.75, 3.05) is 24.5 Å². The van der Waals surface area contributed by atoms with Crippen molar-refractivity contribution in [3.05, 3.63) is 28.7 Å². The zero-order valence-corrected chi connectivity index (χ0v) is 13.2. The number of hydrogen-bond donors (Lipinski definition) is 2. The largest absolute Gasteiger partial charge is 0.354 e. The van der Waals surface area contributed by atoms with Gasteiger partial charge in [0.1, 0.15) is 5.92 Å². The van der Waals surface area contributed by atoms with Crippen molar-refractivity contribution in [2.24, 2.45) is 11.7 Å². The van der Waals surface area contributed by atoms with E-state index in [1.807, 2.05) is 24.3 Å². The van der Waals surface area contributed by atoms with E-state index in [4.69, 9.17) is 5.73 Å². The van der Waals surface area contributed by atoms with Gasteiger partial charge in [-0.05, 0) is 34.5 Å². The second kappa shape index (κ2) is 7.61. The van der Waals surface area contributed by atoms with Gasteiger partial charge in [-0.25, -0.2) is 0 Å². The lowest BCUT2D eigenvalue weighted by atomic mass is 10.1. The van der Waals surface area contributed by atoms with Crippen LogP contribution in [0, 0.1) is 5.92 Å². The second-order valence-corrected chi connectivity index (χ2v) is 5.22. The molecule has 5 nitrogen and oxygen atoms in total. The zero-order valence-electron chi connectivity index (χ0n) is 10.8. The molecular formula is C13H17BrClN3O2. The van der Waals surface area contributed by atoms with Crippen LogP contribution in [0.5, 0.6) is 0 Å². The molecule has 1 heterocycles. The van der Waals surface area contributed by atoms with Crippen molar-refractivity contribution < 1.29 is 9.59 Å². The molecule has 2 rings (SSSR count). The van der Waals surface area contributed by atoms with Crippen LogP contribution in [-0.4, -0.2) is 31.4 Å². The van der Waals surface area contributed by atoms with E-state index in [0.717, 1.165) is 10.2 Å². The normalized spacial score (nSPS) is 17.8. The van der Waals surface area contributed by atoms with E-state index >= 15 is 0 Å². The summed E-state index contributed by atoms with van der Waals surface area (Å²) in [4.78, 5) is 25.8. The third kappa shape index (κ3) is 3.50. The number of anilines is 1. The smallest absolute Gasteiger partial charge is 0.239 e. The van der Waals surface area contributed by atoms with Crippen LogP contribution in [0.25, 0.3) is 0 Å². The van der Waals surface area contributed by atoms with Gasteiger partial charge in [0.2, 0.25) is 11.8 Å². The van der Waals surface area contributed by atoms with Crippen LogP contribution in [0.4, 0.5) is 5.69 Å². The molecule has 1 unspecified atom stereocenters. The predicted octanol–water partition coefficient (Wildman–Crippen LogP) is 1.30. The Kier molecular flexibility index (Phi) is 6.45. The summed E-state index contributed by atoms with van der Waals surface area (Å²) < 4.78 is 0.853. The number of nitrogens with one attached hydrogen (secondary N) is 1. The number of nitrogens with two attached hydrogens (primary N) is 1. The molecule has 20 heavy (non-hydrogen) atoms. The van der Waals surface area contributed by atoms with Gasteiger partial charge in [-0.2, -0.15) is 0 Å². The van der Waals surface area contributed by atoms with Gasteiger partial charge in [-0.1, -0.05) is 12.1 Å². The summed E-state index contributed by atoms with van der Waals surface area (Å²) in [5.74, 6) is -0.981. The molecule has 110 valence electrons. The molecule has 1 aromatic rings. The molecule has 0 bridgehead atoms. The molecule has 1 atom stereocenters. The van der Waals surface area contributed by atoms with E-state index in [-0.39, 0.29) is 24.2 Å². The Labute approximate surface area is 132 Å². The SMILES string of the molecule is Cl.NCCNC(=O)C1CCN(c2ccccc2Br)C1=O. The number of rotatable bonds is 4. The number of hydrogen-bond acceptors (Lipinski definition) is 3. The first kappa shape index (κ1) is 16.9. The summed E-state index contributed by atoms with van der Waals surface area (Å²) in [6, 6.07) is 7.50. The van der Waals surface area contributed by atoms with E-state index in [1.165, 1.54) is 0 Å². The molecule has 2 amide bonds. The van der Waals surface area contributed by atoms with Crippen molar-refractivity contribution in [2.45, 2.75) is 6.42 Å². The average molecular weight is 363 g/mol. The van der Waals surface area contributed by atoms with Gasteiger partial charge < -0.3 is 16.0 Å². The minimum absolute atomic E-state index is 0. The molecule has 0 radical (unpaired) electrons. The first-order valence-corrected chi connectivity index (χ1v) is 6.98. The van der Waals surface area contributed by atoms with Crippen LogP contribution < -0.4 is 16.0 Å². The highest BCUT2D eigenvalue weighted by Gasteiger charge is 2.37. The molecule has 1 saturated heterocycles. The van der Waals surface area contributed by atoms with Crippen LogP contribution >= 0.6 is 28.3 Å². The third-order valence-electron chi connectivity index (χ3n) is 3.11. The predicted molar refractivity (Wildman–Crippen MR) is 83.9 cm³/mol. The minimum Gasteiger partial charge on any atom is -0.354 e. The Morgan fingerprint density at radius 2 is 2.15 bits per heavy atom. The van der Waals surface area contributed by atoms with Gasteiger partial charge in [0.15, 0.2) is 0 Å². The van der Waals surface area contributed by atoms with Gasteiger partial charge in [0.25, 0.3) is 0 Å². The first-order valence-electron chi connectivity index (χ1n) is 6.19. The van der Waals surface area contributed by atoms with Gasteiger partial charge in [0, 0.05) is 24.1 Å². The molecule has 1 aliphatic rings. The zero-order chi connectivity index (χ0) is 13.8. The third-order valence-corrected chi connectivity index (χ3v) is 3.78. The highest BCUT2D eigenvalue weighted by Crippen LogP contribution is 2.31. The van der Waals surface area contributed by atoms with E-state index in [9.17, 15) is 9.59 Å². The molecule has 3 N–H and O–H groups in total. The molecule has 0 spiro atoms. The maximum absolute atomic E-state index is 12.3. The van der Waals surface area contributed by atoms with Gasteiger partial charge in [-0.3, -0.25) is 9.59 Å². The maximum atomic E-state index is 12.3. The molecule has 0 aromatic heterocycles. The molecule has 7 heteroatoms. The fourth-order valence-electron chi connectivity index (χ4n) is 2.15. The summed E-state index contributed by atoms with van der Waals surface area (Å²) in [6.07, 6.45) is 0.538. The Balaban J connectivity index is 0.00000200. The molecule has 1 aromatic carbocycles. The fraction of sp³-hybridized carbons (Fsp3) is 0.385. The van der Waals surface area contributed by atoms with Crippen LogP contribution in [0.15, 0.2) is 28.7 Å². The maximum Gasteiger partial charge on any atom is 0.239 e. The number of para-hydroxylation sites is 1. The number of amides is 2.